The summed E-state index contributed by atoms with van der Waals surface area (Å²) >= 11 is 0. The van der Waals surface area contributed by atoms with Gasteiger partial charge in [-0.25, -0.2) is 0 Å². The van der Waals surface area contributed by atoms with E-state index in [1.54, 1.807) is 0 Å². The van der Waals surface area contributed by atoms with Crippen LogP contribution in [0.2, 0.25) is 0 Å². The molecule has 13 heavy (non-hydrogen) atoms. The van der Waals surface area contributed by atoms with Crippen LogP contribution in [0.1, 0.15) is 12.0 Å². The van der Waals surface area contributed by atoms with E-state index in [-0.39, 0.29) is 0 Å². The molecule has 1 saturated carbocycles. The predicted octanol–water partition coefficient (Wildman–Crippen LogP) is 1.55. The van der Waals surface area contributed by atoms with Crippen molar-refractivity contribution in [2.24, 2.45) is 11.7 Å². The lowest BCUT2D eigenvalue weighted by atomic mass is 10.2. The Morgan fingerprint density at radius 2 is 2.00 bits per heavy atom. The monoisotopic (exact) mass is 177 g/mol. The fraction of sp³-hybridized carbons (Fsp3) is 0.455. The van der Waals surface area contributed by atoms with Gasteiger partial charge in [-0.05, 0) is 17.9 Å². The van der Waals surface area contributed by atoms with E-state index in [9.17, 15) is 0 Å². The molecule has 2 rings (SSSR count). The predicted molar refractivity (Wildman–Crippen MR) is 52.2 cm³/mol. The van der Waals surface area contributed by atoms with Crippen molar-refractivity contribution < 1.29 is 4.74 Å². The molecule has 0 spiro atoms. The first-order valence-electron chi connectivity index (χ1n) is 4.73. The van der Waals surface area contributed by atoms with Gasteiger partial charge in [0.15, 0.2) is 0 Å². The zero-order valence-corrected chi connectivity index (χ0v) is 7.65. The van der Waals surface area contributed by atoms with E-state index in [4.69, 9.17) is 10.5 Å². The van der Waals surface area contributed by atoms with Crippen LogP contribution in [0, 0.1) is 5.92 Å². The number of ether oxygens (including phenoxy) is 1. The third kappa shape index (κ3) is 2.54. The second-order valence-electron chi connectivity index (χ2n) is 3.66. The second-order valence-corrected chi connectivity index (χ2v) is 3.66. The molecule has 2 nitrogen and oxygen atoms in total. The molecule has 0 aliphatic heterocycles. The number of rotatable bonds is 4. The Labute approximate surface area is 78.7 Å². The Balaban J connectivity index is 1.68. The fourth-order valence-corrected chi connectivity index (χ4v) is 1.37. The molecule has 1 aromatic carbocycles. The first-order valence-corrected chi connectivity index (χ1v) is 4.73. The Bertz CT molecular complexity index is 260. The lowest BCUT2D eigenvalue weighted by Crippen LogP contribution is -2.06. The Morgan fingerprint density at radius 1 is 1.31 bits per heavy atom. The van der Waals surface area contributed by atoms with Crippen LogP contribution in [0.25, 0.3) is 0 Å². The van der Waals surface area contributed by atoms with Crippen LogP contribution in [-0.4, -0.2) is 12.6 Å². The zero-order chi connectivity index (χ0) is 9.10. The largest absolute Gasteiger partial charge is 0.376 e. The van der Waals surface area contributed by atoms with Crippen molar-refractivity contribution in [3.05, 3.63) is 35.9 Å². The average molecular weight is 177 g/mol. The topological polar surface area (TPSA) is 35.2 Å². The lowest BCUT2D eigenvalue weighted by molar-refractivity contribution is 0.110. The molecular weight excluding hydrogens is 162 g/mol. The number of benzene rings is 1. The van der Waals surface area contributed by atoms with Crippen molar-refractivity contribution in [1.82, 2.24) is 0 Å². The maximum absolute atomic E-state index is 5.67. The van der Waals surface area contributed by atoms with E-state index in [0.29, 0.717) is 18.6 Å². The Hall–Kier alpha value is -0.860. The van der Waals surface area contributed by atoms with Crippen molar-refractivity contribution in [2.45, 2.75) is 19.1 Å². The maximum atomic E-state index is 5.67. The van der Waals surface area contributed by atoms with Gasteiger partial charge < -0.3 is 10.5 Å². The molecule has 0 amide bonds. The average Bonchev–Trinajstić information content (AvgIpc) is 2.84. The van der Waals surface area contributed by atoms with Gasteiger partial charge in [0, 0.05) is 6.04 Å². The lowest BCUT2D eigenvalue weighted by Gasteiger charge is -2.02. The number of nitrogens with two attached hydrogens (primary N) is 1. The highest BCUT2D eigenvalue weighted by Crippen LogP contribution is 2.27. The van der Waals surface area contributed by atoms with Gasteiger partial charge in [0.05, 0.1) is 13.2 Å². The Morgan fingerprint density at radius 3 is 2.62 bits per heavy atom. The summed E-state index contributed by atoms with van der Waals surface area (Å²) in [5.41, 5.74) is 6.90. The van der Waals surface area contributed by atoms with Crippen LogP contribution in [0.4, 0.5) is 0 Å². The van der Waals surface area contributed by atoms with Crippen molar-refractivity contribution in [2.75, 3.05) is 6.61 Å². The van der Waals surface area contributed by atoms with Gasteiger partial charge in [-0.15, -0.1) is 0 Å². The molecule has 0 unspecified atom stereocenters. The summed E-state index contributed by atoms with van der Waals surface area (Å²) in [4.78, 5) is 0. The van der Waals surface area contributed by atoms with Crippen LogP contribution in [0.15, 0.2) is 30.3 Å². The highest BCUT2D eigenvalue weighted by molar-refractivity contribution is 5.13. The van der Waals surface area contributed by atoms with E-state index in [1.807, 2.05) is 18.2 Å². The quantitative estimate of drug-likeness (QED) is 0.757. The molecule has 2 heteroatoms. The van der Waals surface area contributed by atoms with Crippen molar-refractivity contribution in [3.8, 4) is 0 Å². The smallest absolute Gasteiger partial charge is 0.0717 e. The number of hydrogen-bond donors (Lipinski definition) is 1. The summed E-state index contributed by atoms with van der Waals surface area (Å²) in [5.74, 6) is 0.615. The van der Waals surface area contributed by atoms with Gasteiger partial charge in [0.25, 0.3) is 0 Å². The minimum Gasteiger partial charge on any atom is -0.376 e. The molecular formula is C11H15NO. The van der Waals surface area contributed by atoms with Gasteiger partial charge in [0.1, 0.15) is 0 Å². The highest BCUT2D eigenvalue weighted by atomic mass is 16.5. The van der Waals surface area contributed by atoms with Crippen LogP contribution in [0.5, 0.6) is 0 Å². The van der Waals surface area contributed by atoms with Crippen molar-refractivity contribution in [1.29, 1.82) is 0 Å². The van der Waals surface area contributed by atoms with Crippen molar-refractivity contribution >= 4 is 0 Å². The van der Waals surface area contributed by atoms with Gasteiger partial charge in [-0.3, -0.25) is 0 Å². The molecule has 0 radical (unpaired) electrons. The highest BCUT2D eigenvalue weighted by Gasteiger charge is 2.33. The van der Waals surface area contributed by atoms with E-state index >= 15 is 0 Å². The third-order valence-electron chi connectivity index (χ3n) is 2.42. The molecule has 1 aromatic rings. The summed E-state index contributed by atoms with van der Waals surface area (Å²) in [5, 5.41) is 0. The van der Waals surface area contributed by atoms with E-state index in [1.165, 1.54) is 5.56 Å². The van der Waals surface area contributed by atoms with Gasteiger partial charge in [0.2, 0.25) is 0 Å². The maximum Gasteiger partial charge on any atom is 0.0717 e. The summed E-state index contributed by atoms with van der Waals surface area (Å²) in [6.07, 6.45) is 1.13. The minimum absolute atomic E-state index is 0.399. The molecule has 70 valence electrons. The molecule has 0 saturated heterocycles. The zero-order valence-electron chi connectivity index (χ0n) is 7.65. The molecule has 0 bridgehead atoms. The van der Waals surface area contributed by atoms with Crippen molar-refractivity contribution in [3.63, 3.8) is 0 Å². The van der Waals surface area contributed by atoms with Gasteiger partial charge >= 0.3 is 0 Å². The molecule has 1 aliphatic carbocycles. The van der Waals surface area contributed by atoms with Gasteiger partial charge in [-0.1, -0.05) is 30.3 Å². The SMILES string of the molecule is N[C@H]1C[C@@H]1COCc1ccccc1. The molecule has 1 aliphatic rings. The van der Waals surface area contributed by atoms with Crippen LogP contribution in [-0.2, 0) is 11.3 Å². The summed E-state index contributed by atoms with van der Waals surface area (Å²) < 4.78 is 5.53. The molecule has 2 atom stereocenters. The summed E-state index contributed by atoms with van der Waals surface area (Å²) in [7, 11) is 0. The van der Waals surface area contributed by atoms with E-state index < -0.39 is 0 Å². The normalized spacial score (nSPS) is 25.9. The van der Waals surface area contributed by atoms with E-state index in [0.717, 1.165) is 13.0 Å². The first kappa shape index (κ1) is 8.73. The summed E-state index contributed by atoms with van der Waals surface area (Å²) in [6.45, 7) is 1.53. The summed E-state index contributed by atoms with van der Waals surface area (Å²) in [6, 6.07) is 10.6. The number of hydrogen-bond acceptors (Lipinski definition) is 2. The second kappa shape index (κ2) is 3.90. The standard InChI is InChI=1S/C11H15NO/c12-11-6-10(11)8-13-7-9-4-2-1-3-5-9/h1-5,10-11H,6-8,12H2/t10-,11+/m1/s1. The third-order valence-corrected chi connectivity index (χ3v) is 2.42. The molecule has 2 N–H and O–H groups in total. The Kier molecular flexibility index (Phi) is 2.62. The molecule has 0 aromatic heterocycles. The van der Waals surface area contributed by atoms with Gasteiger partial charge in [-0.2, -0.15) is 0 Å². The molecule has 1 fully saturated rings. The minimum atomic E-state index is 0.399. The van der Waals surface area contributed by atoms with E-state index in [2.05, 4.69) is 12.1 Å². The van der Waals surface area contributed by atoms with Crippen LogP contribution in [0.3, 0.4) is 0 Å². The fourth-order valence-electron chi connectivity index (χ4n) is 1.37. The van der Waals surface area contributed by atoms with Crippen LogP contribution < -0.4 is 5.73 Å². The molecule has 0 heterocycles. The first-order chi connectivity index (χ1) is 6.36. The van der Waals surface area contributed by atoms with Crippen LogP contribution >= 0.6 is 0 Å².